The molecule has 0 atom stereocenters. The van der Waals surface area contributed by atoms with Crippen LogP contribution in [0.2, 0.25) is 0 Å². The number of thioether (sulfide) groups is 1. The van der Waals surface area contributed by atoms with Crippen LogP contribution in [0, 0.1) is 6.92 Å². The van der Waals surface area contributed by atoms with Crippen molar-refractivity contribution in [2.75, 3.05) is 25.6 Å². The molecule has 0 aliphatic heterocycles. The molecule has 0 saturated heterocycles. The van der Waals surface area contributed by atoms with Crippen molar-refractivity contribution in [2.45, 2.75) is 26.3 Å². The first kappa shape index (κ1) is 14.8. The number of aryl methyl sites for hydroxylation is 1. The van der Waals surface area contributed by atoms with Crippen LogP contribution >= 0.6 is 11.8 Å². The minimum atomic E-state index is 0.516. The van der Waals surface area contributed by atoms with Crippen LogP contribution in [0.3, 0.4) is 0 Å². The van der Waals surface area contributed by atoms with Crippen LogP contribution in [0.5, 0.6) is 0 Å². The van der Waals surface area contributed by atoms with Crippen molar-refractivity contribution in [2.24, 2.45) is 4.99 Å². The van der Waals surface area contributed by atoms with Gasteiger partial charge in [0.15, 0.2) is 11.8 Å². The van der Waals surface area contributed by atoms with E-state index in [4.69, 9.17) is 4.52 Å². The molecular formula is C11H21N5OS. The summed E-state index contributed by atoms with van der Waals surface area (Å²) in [4.78, 5) is 8.24. The molecule has 0 unspecified atom stereocenters. The van der Waals surface area contributed by atoms with E-state index in [0.29, 0.717) is 18.3 Å². The lowest BCUT2D eigenvalue weighted by atomic mass is 10.3. The summed E-state index contributed by atoms with van der Waals surface area (Å²) in [5.74, 6) is 3.18. The SMILES string of the molecule is CN=C(NCCCCSC)NCc1noc(C)n1. The van der Waals surface area contributed by atoms with Gasteiger partial charge in [0.25, 0.3) is 0 Å². The summed E-state index contributed by atoms with van der Waals surface area (Å²) in [5, 5.41) is 10.2. The van der Waals surface area contributed by atoms with Gasteiger partial charge in [0.1, 0.15) is 0 Å². The highest BCUT2D eigenvalue weighted by Crippen LogP contribution is 1.98. The third-order valence-electron chi connectivity index (χ3n) is 2.27. The lowest BCUT2D eigenvalue weighted by Crippen LogP contribution is -2.37. The van der Waals surface area contributed by atoms with Crippen LogP contribution in [0.1, 0.15) is 24.6 Å². The fraction of sp³-hybridized carbons (Fsp3) is 0.727. The average Bonchev–Trinajstić information content (AvgIpc) is 2.78. The Morgan fingerprint density at radius 2 is 2.22 bits per heavy atom. The molecule has 1 rings (SSSR count). The van der Waals surface area contributed by atoms with Crippen molar-refractivity contribution in [1.29, 1.82) is 0 Å². The number of nitrogens with zero attached hydrogens (tertiary/aromatic N) is 3. The molecule has 0 fully saturated rings. The number of rotatable bonds is 7. The maximum atomic E-state index is 4.89. The normalized spacial score (nSPS) is 11.6. The first-order valence-electron chi connectivity index (χ1n) is 5.99. The highest BCUT2D eigenvalue weighted by Gasteiger charge is 2.03. The second kappa shape index (κ2) is 8.79. The average molecular weight is 271 g/mol. The van der Waals surface area contributed by atoms with E-state index in [0.717, 1.165) is 18.9 Å². The summed E-state index contributed by atoms with van der Waals surface area (Å²) in [5.41, 5.74) is 0. The van der Waals surface area contributed by atoms with Crippen molar-refractivity contribution < 1.29 is 4.52 Å². The van der Waals surface area contributed by atoms with Gasteiger partial charge in [0.2, 0.25) is 5.89 Å². The smallest absolute Gasteiger partial charge is 0.223 e. The van der Waals surface area contributed by atoms with Gasteiger partial charge >= 0.3 is 0 Å². The Morgan fingerprint density at radius 3 is 2.83 bits per heavy atom. The predicted octanol–water partition coefficient (Wildman–Crippen LogP) is 1.19. The summed E-state index contributed by atoms with van der Waals surface area (Å²) >= 11 is 1.88. The molecule has 6 nitrogen and oxygen atoms in total. The van der Waals surface area contributed by atoms with Crippen LogP contribution in [0.4, 0.5) is 0 Å². The van der Waals surface area contributed by atoms with E-state index in [9.17, 15) is 0 Å². The van der Waals surface area contributed by atoms with Gasteiger partial charge in [-0.05, 0) is 24.9 Å². The van der Waals surface area contributed by atoms with E-state index in [-0.39, 0.29) is 0 Å². The maximum Gasteiger partial charge on any atom is 0.223 e. The molecule has 0 saturated carbocycles. The minimum Gasteiger partial charge on any atom is -0.356 e. The topological polar surface area (TPSA) is 75.3 Å². The Balaban J connectivity index is 2.18. The minimum absolute atomic E-state index is 0.516. The predicted molar refractivity (Wildman–Crippen MR) is 74.9 cm³/mol. The second-order valence-corrected chi connectivity index (χ2v) is 4.77. The maximum absolute atomic E-state index is 4.89. The van der Waals surface area contributed by atoms with Gasteiger partial charge in [-0.15, -0.1) is 0 Å². The zero-order valence-electron chi connectivity index (χ0n) is 11.2. The van der Waals surface area contributed by atoms with Gasteiger partial charge in [-0.3, -0.25) is 4.99 Å². The second-order valence-electron chi connectivity index (χ2n) is 3.78. The lowest BCUT2D eigenvalue weighted by Gasteiger charge is -2.09. The number of hydrogen-bond acceptors (Lipinski definition) is 5. The Labute approximate surface area is 112 Å². The van der Waals surface area contributed by atoms with Crippen molar-refractivity contribution in [1.82, 2.24) is 20.8 Å². The zero-order chi connectivity index (χ0) is 13.2. The fourth-order valence-corrected chi connectivity index (χ4v) is 1.87. The summed E-state index contributed by atoms with van der Waals surface area (Å²) < 4.78 is 4.89. The molecule has 1 aromatic rings. The van der Waals surface area contributed by atoms with Gasteiger partial charge in [-0.1, -0.05) is 5.16 Å². The van der Waals surface area contributed by atoms with E-state index in [1.165, 1.54) is 12.2 Å². The van der Waals surface area contributed by atoms with Crippen LogP contribution in [0.25, 0.3) is 0 Å². The summed E-state index contributed by atoms with van der Waals surface area (Å²) in [6.45, 7) is 3.21. The standard InChI is InChI=1S/C11H21N5OS/c1-9-15-10(16-17-9)8-14-11(12-2)13-6-4-5-7-18-3/h4-8H2,1-3H3,(H2,12,13,14). The van der Waals surface area contributed by atoms with E-state index in [1.807, 2.05) is 11.8 Å². The third-order valence-corrected chi connectivity index (χ3v) is 2.97. The summed E-state index contributed by atoms with van der Waals surface area (Å²) in [6.07, 6.45) is 4.48. The Bertz CT molecular complexity index is 366. The van der Waals surface area contributed by atoms with Crippen LogP contribution < -0.4 is 10.6 Å². The molecular weight excluding hydrogens is 250 g/mol. The number of nitrogens with one attached hydrogen (secondary N) is 2. The zero-order valence-corrected chi connectivity index (χ0v) is 12.0. The highest BCUT2D eigenvalue weighted by molar-refractivity contribution is 7.98. The van der Waals surface area contributed by atoms with Crippen molar-refractivity contribution in [3.63, 3.8) is 0 Å². The molecule has 0 amide bonds. The van der Waals surface area contributed by atoms with Crippen LogP contribution in [-0.2, 0) is 6.54 Å². The molecule has 0 spiro atoms. The van der Waals surface area contributed by atoms with Gasteiger partial charge < -0.3 is 15.2 Å². The Morgan fingerprint density at radius 1 is 1.39 bits per heavy atom. The number of guanidine groups is 1. The first-order valence-corrected chi connectivity index (χ1v) is 7.38. The monoisotopic (exact) mass is 271 g/mol. The molecule has 0 radical (unpaired) electrons. The number of unbranched alkanes of at least 4 members (excludes halogenated alkanes) is 1. The Kier molecular flexibility index (Phi) is 7.24. The van der Waals surface area contributed by atoms with Crippen molar-refractivity contribution in [3.05, 3.63) is 11.7 Å². The van der Waals surface area contributed by atoms with Gasteiger partial charge in [-0.25, -0.2) is 0 Å². The summed E-state index contributed by atoms with van der Waals surface area (Å²) in [6, 6.07) is 0. The molecule has 102 valence electrons. The third kappa shape index (κ3) is 5.90. The van der Waals surface area contributed by atoms with Crippen LogP contribution in [-0.4, -0.2) is 41.7 Å². The van der Waals surface area contributed by atoms with Gasteiger partial charge in [0, 0.05) is 20.5 Å². The quantitative estimate of drug-likeness (QED) is 0.441. The molecule has 0 bridgehead atoms. The molecule has 2 N–H and O–H groups in total. The molecule has 0 aliphatic carbocycles. The Hall–Kier alpha value is -1.24. The van der Waals surface area contributed by atoms with E-state index < -0.39 is 0 Å². The fourth-order valence-electron chi connectivity index (χ4n) is 1.37. The molecule has 1 heterocycles. The van der Waals surface area contributed by atoms with Gasteiger partial charge in [0.05, 0.1) is 6.54 Å². The highest BCUT2D eigenvalue weighted by atomic mass is 32.2. The lowest BCUT2D eigenvalue weighted by molar-refractivity contribution is 0.387. The molecule has 0 aliphatic rings. The molecule has 0 aromatic carbocycles. The van der Waals surface area contributed by atoms with E-state index in [2.05, 4.69) is 32.0 Å². The first-order chi connectivity index (χ1) is 8.76. The van der Waals surface area contributed by atoms with Gasteiger partial charge in [-0.2, -0.15) is 16.7 Å². The largest absolute Gasteiger partial charge is 0.356 e. The molecule has 1 aromatic heterocycles. The number of aliphatic imine (C=N–C) groups is 1. The number of aromatic nitrogens is 2. The molecule has 18 heavy (non-hydrogen) atoms. The van der Waals surface area contributed by atoms with Crippen molar-refractivity contribution >= 4 is 17.7 Å². The molecule has 7 heteroatoms. The van der Waals surface area contributed by atoms with E-state index >= 15 is 0 Å². The van der Waals surface area contributed by atoms with E-state index in [1.54, 1.807) is 14.0 Å². The summed E-state index contributed by atoms with van der Waals surface area (Å²) in [7, 11) is 1.75. The van der Waals surface area contributed by atoms with Crippen molar-refractivity contribution in [3.8, 4) is 0 Å². The van der Waals surface area contributed by atoms with Crippen LogP contribution in [0.15, 0.2) is 9.52 Å². The number of hydrogen-bond donors (Lipinski definition) is 2.